The monoisotopic (exact) mass is 401 g/mol. The second-order valence-corrected chi connectivity index (χ2v) is 8.01. The van der Waals surface area contributed by atoms with Crippen LogP contribution in [0.1, 0.15) is 62.9 Å². The molecule has 3 atom stereocenters. The summed E-state index contributed by atoms with van der Waals surface area (Å²) in [6.45, 7) is 10.4. The number of rotatable bonds is 7. The van der Waals surface area contributed by atoms with Crippen molar-refractivity contribution in [3.63, 3.8) is 0 Å². The standard InChI is InChI=1S/C23H35N3O3/c1-6-8-9-10-19-12-20-22(24-13-19)29-21(15-25(5)11-7-2)17(3)14-26(23(20)28)18(4)16-27/h12-13,17-18,21,27H,6-8,11,14-16H2,1-5H3/t17-,18-,21+/m1/s1. The predicted octanol–water partition coefficient (Wildman–Crippen LogP) is 2.80. The molecule has 1 N–H and O–H groups in total. The highest BCUT2D eigenvalue weighted by atomic mass is 16.5. The molecule has 0 bridgehead atoms. The highest BCUT2D eigenvalue weighted by molar-refractivity contribution is 5.97. The fraction of sp³-hybridized carbons (Fsp3) is 0.652. The molecule has 1 aromatic heterocycles. The van der Waals surface area contributed by atoms with Crippen LogP contribution in [0.25, 0.3) is 0 Å². The van der Waals surface area contributed by atoms with Crippen molar-refractivity contribution in [1.29, 1.82) is 0 Å². The normalized spacial score (nSPS) is 20.2. The molecule has 0 aromatic carbocycles. The average molecular weight is 402 g/mol. The lowest BCUT2D eigenvalue weighted by Crippen LogP contribution is -2.50. The van der Waals surface area contributed by atoms with Crippen LogP contribution in [0.5, 0.6) is 5.88 Å². The lowest BCUT2D eigenvalue weighted by atomic mass is 10.00. The number of pyridine rings is 1. The van der Waals surface area contributed by atoms with Gasteiger partial charge in [-0.25, -0.2) is 4.98 Å². The number of amides is 1. The first-order valence-corrected chi connectivity index (χ1v) is 10.7. The summed E-state index contributed by atoms with van der Waals surface area (Å²) in [4.78, 5) is 21.7. The van der Waals surface area contributed by atoms with Crippen molar-refractivity contribution in [1.82, 2.24) is 14.8 Å². The van der Waals surface area contributed by atoms with Crippen molar-refractivity contribution in [3.05, 3.63) is 23.4 Å². The summed E-state index contributed by atoms with van der Waals surface area (Å²) in [6, 6.07) is 1.49. The second-order valence-electron chi connectivity index (χ2n) is 8.01. The summed E-state index contributed by atoms with van der Waals surface area (Å²) in [7, 11) is 2.08. The van der Waals surface area contributed by atoms with Gasteiger partial charge in [0.05, 0.1) is 12.6 Å². The third-order valence-electron chi connectivity index (χ3n) is 5.23. The van der Waals surface area contributed by atoms with E-state index in [0.717, 1.165) is 32.4 Å². The topological polar surface area (TPSA) is 65.9 Å². The van der Waals surface area contributed by atoms with Crippen molar-refractivity contribution in [2.45, 2.75) is 59.1 Å². The molecule has 0 saturated carbocycles. The Hall–Kier alpha value is -2.10. The van der Waals surface area contributed by atoms with Crippen LogP contribution in [0.3, 0.4) is 0 Å². The maximum atomic E-state index is 13.3. The maximum Gasteiger partial charge on any atom is 0.259 e. The first-order valence-electron chi connectivity index (χ1n) is 10.7. The molecule has 0 unspecified atom stereocenters. The molecule has 29 heavy (non-hydrogen) atoms. The van der Waals surface area contributed by atoms with Gasteiger partial charge in [-0.15, -0.1) is 0 Å². The van der Waals surface area contributed by atoms with Gasteiger partial charge < -0.3 is 19.6 Å². The van der Waals surface area contributed by atoms with Crippen molar-refractivity contribution in [3.8, 4) is 17.7 Å². The van der Waals surface area contributed by atoms with E-state index >= 15 is 0 Å². The molecular weight excluding hydrogens is 366 g/mol. The SMILES string of the molecule is CCCC#Cc1cnc2c(c1)C(=O)N([C@H](C)CO)C[C@@H](C)[C@H](CN(C)CCC)O2. The van der Waals surface area contributed by atoms with E-state index in [1.165, 1.54) is 0 Å². The van der Waals surface area contributed by atoms with Gasteiger partial charge >= 0.3 is 0 Å². The van der Waals surface area contributed by atoms with E-state index in [1.54, 1.807) is 17.2 Å². The van der Waals surface area contributed by atoms with E-state index in [2.05, 4.69) is 49.5 Å². The number of carbonyl (C=O) groups is 1. The Balaban J connectivity index is 2.42. The summed E-state index contributed by atoms with van der Waals surface area (Å²) >= 11 is 0. The van der Waals surface area contributed by atoms with E-state index in [9.17, 15) is 9.90 Å². The molecule has 0 aliphatic carbocycles. The molecule has 0 fully saturated rings. The molecule has 2 heterocycles. The highest BCUT2D eigenvalue weighted by Gasteiger charge is 2.34. The third-order valence-corrected chi connectivity index (χ3v) is 5.23. The number of aliphatic hydroxyl groups excluding tert-OH is 1. The number of unbranched alkanes of at least 4 members (excludes halogenated alkanes) is 1. The molecule has 0 saturated heterocycles. The lowest BCUT2D eigenvalue weighted by molar-refractivity contribution is 0.0331. The van der Waals surface area contributed by atoms with E-state index in [4.69, 9.17) is 4.74 Å². The van der Waals surface area contributed by atoms with Crippen LogP contribution in [-0.4, -0.2) is 71.2 Å². The molecule has 1 aliphatic rings. The zero-order valence-electron chi connectivity index (χ0n) is 18.4. The molecule has 160 valence electrons. The molecule has 0 spiro atoms. The van der Waals surface area contributed by atoms with Gasteiger partial charge in [0, 0.05) is 37.2 Å². The fourth-order valence-corrected chi connectivity index (χ4v) is 3.46. The summed E-state index contributed by atoms with van der Waals surface area (Å²) < 4.78 is 6.27. The summed E-state index contributed by atoms with van der Waals surface area (Å²) in [5.41, 5.74) is 1.13. The largest absolute Gasteiger partial charge is 0.472 e. The van der Waals surface area contributed by atoms with E-state index < -0.39 is 0 Å². The van der Waals surface area contributed by atoms with E-state index in [1.807, 2.05) is 6.92 Å². The van der Waals surface area contributed by atoms with Crippen LogP contribution in [0.15, 0.2) is 12.3 Å². The average Bonchev–Trinajstić information content (AvgIpc) is 2.70. The number of ether oxygens (including phenoxy) is 1. The smallest absolute Gasteiger partial charge is 0.259 e. The van der Waals surface area contributed by atoms with Crippen molar-refractivity contribution in [2.75, 3.05) is 33.3 Å². The van der Waals surface area contributed by atoms with Crippen LogP contribution in [0, 0.1) is 17.8 Å². The van der Waals surface area contributed by atoms with Crippen LogP contribution in [-0.2, 0) is 0 Å². The first-order chi connectivity index (χ1) is 13.9. The van der Waals surface area contributed by atoms with Gasteiger partial charge in [-0.1, -0.05) is 32.6 Å². The van der Waals surface area contributed by atoms with Gasteiger partial charge in [0.15, 0.2) is 0 Å². The van der Waals surface area contributed by atoms with Gasteiger partial charge in [-0.3, -0.25) is 4.79 Å². The molecule has 1 aromatic rings. The van der Waals surface area contributed by atoms with Gasteiger partial charge in [-0.05, 0) is 39.4 Å². The van der Waals surface area contributed by atoms with Crippen LogP contribution in [0.2, 0.25) is 0 Å². The quantitative estimate of drug-likeness (QED) is 0.712. The molecule has 6 heteroatoms. The number of fused-ring (bicyclic) bond motifs is 1. The summed E-state index contributed by atoms with van der Waals surface area (Å²) in [6.07, 6.45) is 4.43. The number of aromatic nitrogens is 1. The first kappa shape index (κ1) is 23.2. The summed E-state index contributed by atoms with van der Waals surface area (Å²) in [5.74, 6) is 6.47. The zero-order chi connectivity index (χ0) is 21.4. The number of aliphatic hydroxyl groups is 1. The molecule has 1 amide bonds. The minimum atomic E-state index is -0.278. The van der Waals surface area contributed by atoms with Crippen molar-refractivity contribution >= 4 is 5.91 Å². The highest BCUT2D eigenvalue weighted by Crippen LogP contribution is 2.27. The molecule has 1 aliphatic heterocycles. The molecular formula is C23H35N3O3. The Morgan fingerprint density at radius 3 is 2.83 bits per heavy atom. The molecule has 2 rings (SSSR count). The number of carbonyl (C=O) groups excluding carboxylic acids is 1. The zero-order valence-corrected chi connectivity index (χ0v) is 18.4. The number of nitrogens with zero attached hydrogens (tertiary/aromatic N) is 3. The predicted molar refractivity (Wildman–Crippen MR) is 115 cm³/mol. The minimum absolute atomic E-state index is 0.0848. The number of hydrogen-bond donors (Lipinski definition) is 1. The second kappa shape index (κ2) is 11.2. The van der Waals surface area contributed by atoms with Gasteiger partial charge in [0.25, 0.3) is 5.91 Å². The van der Waals surface area contributed by atoms with E-state index in [0.29, 0.717) is 23.6 Å². The Bertz CT molecular complexity index is 741. The molecule has 0 radical (unpaired) electrons. The van der Waals surface area contributed by atoms with Gasteiger partial charge in [0.2, 0.25) is 5.88 Å². The van der Waals surface area contributed by atoms with Crippen LogP contribution < -0.4 is 4.74 Å². The Morgan fingerprint density at radius 1 is 1.41 bits per heavy atom. The van der Waals surface area contributed by atoms with Crippen LogP contribution >= 0.6 is 0 Å². The minimum Gasteiger partial charge on any atom is -0.472 e. The van der Waals surface area contributed by atoms with Crippen LogP contribution in [0.4, 0.5) is 0 Å². The van der Waals surface area contributed by atoms with Gasteiger partial charge in [0.1, 0.15) is 11.7 Å². The number of hydrogen-bond acceptors (Lipinski definition) is 5. The Morgan fingerprint density at radius 2 is 2.17 bits per heavy atom. The van der Waals surface area contributed by atoms with Crippen molar-refractivity contribution in [2.24, 2.45) is 5.92 Å². The Kier molecular flexibility index (Phi) is 8.94. The maximum absolute atomic E-state index is 13.3. The third kappa shape index (κ3) is 6.19. The molecule has 6 nitrogen and oxygen atoms in total. The van der Waals surface area contributed by atoms with E-state index in [-0.39, 0.29) is 30.6 Å². The summed E-state index contributed by atoms with van der Waals surface area (Å²) in [5, 5.41) is 9.71. The van der Waals surface area contributed by atoms with Gasteiger partial charge in [-0.2, -0.15) is 0 Å². The fourth-order valence-electron chi connectivity index (χ4n) is 3.46. The van der Waals surface area contributed by atoms with Crippen molar-refractivity contribution < 1.29 is 14.6 Å². The lowest BCUT2D eigenvalue weighted by Gasteiger charge is -2.37. The Labute approximate surface area is 175 Å². The number of likely N-dealkylation sites (N-methyl/N-ethyl adjacent to an activating group) is 1.